The number of nitrogens with zero attached hydrogens (tertiary/aromatic N) is 3. The zero-order valence-electron chi connectivity index (χ0n) is 9.89. The van der Waals surface area contributed by atoms with E-state index in [4.69, 9.17) is 5.73 Å². The fourth-order valence-electron chi connectivity index (χ4n) is 2.16. The summed E-state index contributed by atoms with van der Waals surface area (Å²) in [5, 5.41) is 0. The Kier molecular flexibility index (Phi) is 3.29. The maximum atomic E-state index is 5.91. The SMILES string of the molecule is C=CCn1cc(C)nc1N1CCC(N)CC1. The van der Waals surface area contributed by atoms with Crippen LogP contribution in [0.3, 0.4) is 0 Å². The van der Waals surface area contributed by atoms with Crippen LogP contribution in [0.1, 0.15) is 18.5 Å². The van der Waals surface area contributed by atoms with E-state index in [2.05, 4.69) is 27.2 Å². The van der Waals surface area contributed by atoms with E-state index in [1.807, 2.05) is 13.0 Å². The van der Waals surface area contributed by atoms with Gasteiger partial charge in [-0.05, 0) is 19.8 Å². The number of hydrogen-bond donors (Lipinski definition) is 1. The molecule has 88 valence electrons. The second-order valence-electron chi connectivity index (χ2n) is 4.45. The monoisotopic (exact) mass is 220 g/mol. The van der Waals surface area contributed by atoms with Crippen molar-refractivity contribution in [3.8, 4) is 0 Å². The van der Waals surface area contributed by atoms with E-state index in [0.717, 1.165) is 44.1 Å². The number of hydrogen-bond acceptors (Lipinski definition) is 3. The van der Waals surface area contributed by atoms with Crippen LogP contribution in [-0.4, -0.2) is 28.7 Å². The fourth-order valence-corrected chi connectivity index (χ4v) is 2.16. The van der Waals surface area contributed by atoms with Crippen molar-refractivity contribution in [2.45, 2.75) is 32.4 Å². The lowest BCUT2D eigenvalue weighted by molar-refractivity contribution is 0.491. The van der Waals surface area contributed by atoms with E-state index in [0.29, 0.717) is 6.04 Å². The Balaban J connectivity index is 2.15. The summed E-state index contributed by atoms with van der Waals surface area (Å²) in [6.45, 7) is 8.64. The van der Waals surface area contributed by atoms with E-state index in [1.165, 1.54) is 0 Å². The second-order valence-corrected chi connectivity index (χ2v) is 4.45. The van der Waals surface area contributed by atoms with Crippen LogP contribution in [0.5, 0.6) is 0 Å². The van der Waals surface area contributed by atoms with Gasteiger partial charge in [-0.1, -0.05) is 6.08 Å². The summed E-state index contributed by atoms with van der Waals surface area (Å²) in [5.74, 6) is 1.06. The number of nitrogens with two attached hydrogens (primary N) is 1. The van der Waals surface area contributed by atoms with Crippen LogP contribution in [0.2, 0.25) is 0 Å². The second kappa shape index (κ2) is 4.70. The molecular weight excluding hydrogens is 200 g/mol. The third kappa shape index (κ3) is 2.27. The van der Waals surface area contributed by atoms with Crippen LogP contribution in [0, 0.1) is 6.92 Å². The third-order valence-electron chi connectivity index (χ3n) is 3.02. The molecule has 2 rings (SSSR count). The lowest BCUT2D eigenvalue weighted by Crippen LogP contribution is -2.40. The molecule has 0 unspecified atom stereocenters. The number of aromatic nitrogens is 2. The summed E-state index contributed by atoms with van der Waals surface area (Å²) in [5.41, 5.74) is 6.97. The first-order valence-electron chi connectivity index (χ1n) is 5.86. The van der Waals surface area contributed by atoms with E-state index in [1.54, 1.807) is 0 Å². The summed E-state index contributed by atoms with van der Waals surface area (Å²) < 4.78 is 2.15. The molecule has 0 amide bonds. The van der Waals surface area contributed by atoms with Gasteiger partial charge in [0.05, 0.1) is 5.69 Å². The lowest BCUT2D eigenvalue weighted by Gasteiger charge is -2.31. The van der Waals surface area contributed by atoms with Gasteiger partial charge in [0.1, 0.15) is 0 Å². The topological polar surface area (TPSA) is 47.1 Å². The third-order valence-corrected chi connectivity index (χ3v) is 3.02. The molecule has 1 saturated heterocycles. The van der Waals surface area contributed by atoms with E-state index in [9.17, 15) is 0 Å². The molecule has 0 spiro atoms. The quantitative estimate of drug-likeness (QED) is 0.781. The van der Waals surface area contributed by atoms with Crippen LogP contribution in [0.4, 0.5) is 5.95 Å². The van der Waals surface area contributed by atoms with Crippen molar-refractivity contribution in [2.75, 3.05) is 18.0 Å². The fraction of sp³-hybridized carbons (Fsp3) is 0.583. The van der Waals surface area contributed by atoms with Crippen molar-refractivity contribution in [1.82, 2.24) is 9.55 Å². The van der Waals surface area contributed by atoms with E-state index in [-0.39, 0.29) is 0 Å². The maximum absolute atomic E-state index is 5.91. The number of rotatable bonds is 3. The molecule has 4 nitrogen and oxygen atoms in total. The molecule has 1 aromatic rings. The van der Waals surface area contributed by atoms with Crippen molar-refractivity contribution in [3.05, 3.63) is 24.5 Å². The maximum Gasteiger partial charge on any atom is 0.206 e. The number of imidazole rings is 1. The van der Waals surface area contributed by atoms with Crippen LogP contribution >= 0.6 is 0 Å². The molecule has 0 bridgehead atoms. The molecule has 4 heteroatoms. The highest BCUT2D eigenvalue weighted by Crippen LogP contribution is 2.19. The highest BCUT2D eigenvalue weighted by Gasteiger charge is 2.19. The average molecular weight is 220 g/mol. The number of allylic oxidation sites excluding steroid dienone is 1. The molecular formula is C12H20N4. The van der Waals surface area contributed by atoms with Crippen molar-refractivity contribution in [2.24, 2.45) is 5.73 Å². The van der Waals surface area contributed by atoms with Crippen molar-refractivity contribution < 1.29 is 0 Å². The smallest absolute Gasteiger partial charge is 0.206 e. The number of aryl methyl sites for hydroxylation is 1. The van der Waals surface area contributed by atoms with Gasteiger partial charge in [0.2, 0.25) is 5.95 Å². The molecule has 0 radical (unpaired) electrons. The van der Waals surface area contributed by atoms with Gasteiger partial charge in [0.15, 0.2) is 0 Å². The number of anilines is 1. The Bertz CT molecular complexity index is 361. The molecule has 2 heterocycles. The minimum atomic E-state index is 0.361. The molecule has 1 aromatic heterocycles. The van der Waals surface area contributed by atoms with Gasteiger partial charge in [-0.15, -0.1) is 6.58 Å². The Labute approximate surface area is 96.8 Å². The standard InChI is InChI=1S/C12H20N4/c1-3-6-16-9-10(2)14-12(16)15-7-4-11(13)5-8-15/h3,9,11H,1,4-8,13H2,2H3. The van der Waals surface area contributed by atoms with Gasteiger partial charge in [0.25, 0.3) is 0 Å². The minimum Gasteiger partial charge on any atom is -0.342 e. The van der Waals surface area contributed by atoms with E-state index >= 15 is 0 Å². The average Bonchev–Trinajstić information content (AvgIpc) is 2.61. The Hall–Kier alpha value is -1.29. The largest absolute Gasteiger partial charge is 0.342 e. The van der Waals surface area contributed by atoms with Crippen LogP contribution in [-0.2, 0) is 6.54 Å². The zero-order valence-corrected chi connectivity index (χ0v) is 9.89. The Morgan fingerprint density at radius 2 is 2.25 bits per heavy atom. The van der Waals surface area contributed by atoms with Gasteiger partial charge >= 0.3 is 0 Å². The predicted octanol–water partition coefficient (Wildman–Crippen LogP) is 1.31. The molecule has 16 heavy (non-hydrogen) atoms. The van der Waals surface area contributed by atoms with Gasteiger partial charge in [-0.3, -0.25) is 0 Å². The molecule has 1 aliphatic rings. The van der Waals surface area contributed by atoms with Crippen LogP contribution < -0.4 is 10.6 Å². The minimum absolute atomic E-state index is 0.361. The van der Waals surface area contributed by atoms with Gasteiger partial charge in [0, 0.05) is 31.9 Å². The first-order chi connectivity index (χ1) is 7.70. The summed E-state index contributed by atoms with van der Waals surface area (Å²) in [6, 6.07) is 0.361. The number of piperidine rings is 1. The summed E-state index contributed by atoms with van der Waals surface area (Å²) in [4.78, 5) is 6.90. The summed E-state index contributed by atoms with van der Waals surface area (Å²) in [6.07, 6.45) is 6.09. The summed E-state index contributed by atoms with van der Waals surface area (Å²) >= 11 is 0. The predicted molar refractivity (Wildman–Crippen MR) is 66.6 cm³/mol. The van der Waals surface area contributed by atoms with Crippen molar-refractivity contribution in [3.63, 3.8) is 0 Å². The first kappa shape index (κ1) is 11.2. The molecule has 0 aliphatic carbocycles. The van der Waals surface area contributed by atoms with Crippen molar-refractivity contribution in [1.29, 1.82) is 0 Å². The first-order valence-corrected chi connectivity index (χ1v) is 5.86. The van der Waals surface area contributed by atoms with E-state index < -0.39 is 0 Å². The normalized spacial score (nSPS) is 17.8. The van der Waals surface area contributed by atoms with Gasteiger partial charge in [-0.2, -0.15) is 0 Å². The van der Waals surface area contributed by atoms with Gasteiger partial charge in [-0.25, -0.2) is 4.98 Å². The summed E-state index contributed by atoms with van der Waals surface area (Å²) in [7, 11) is 0. The Morgan fingerprint density at radius 3 is 2.88 bits per heavy atom. The molecule has 1 fully saturated rings. The molecule has 0 saturated carbocycles. The molecule has 1 aliphatic heterocycles. The lowest BCUT2D eigenvalue weighted by atomic mass is 10.1. The highest BCUT2D eigenvalue weighted by molar-refractivity contribution is 5.34. The molecule has 0 atom stereocenters. The van der Waals surface area contributed by atoms with Crippen LogP contribution in [0.15, 0.2) is 18.9 Å². The Morgan fingerprint density at radius 1 is 1.56 bits per heavy atom. The molecule has 2 N–H and O–H groups in total. The highest BCUT2D eigenvalue weighted by atomic mass is 15.3. The molecule has 0 aromatic carbocycles. The van der Waals surface area contributed by atoms with Crippen LogP contribution in [0.25, 0.3) is 0 Å². The zero-order chi connectivity index (χ0) is 11.5. The van der Waals surface area contributed by atoms with Crippen molar-refractivity contribution >= 4 is 5.95 Å². The van der Waals surface area contributed by atoms with Gasteiger partial charge < -0.3 is 15.2 Å².